The molecule has 2 heterocycles. The van der Waals surface area contributed by atoms with Crippen molar-refractivity contribution in [3.63, 3.8) is 0 Å². The molecule has 0 saturated carbocycles. The van der Waals surface area contributed by atoms with Gasteiger partial charge in [-0.1, -0.05) is 12.1 Å². The highest BCUT2D eigenvalue weighted by atomic mass is 32.1. The van der Waals surface area contributed by atoms with E-state index in [4.69, 9.17) is 0 Å². The van der Waals surface area contributed by atoms with Crippen LogP contribution in [-0.4, -0.2) is 53.0 Å². The normalized spacial score (nSPS) is 21.1. The van der Waals surface area contributed by atoms with E-state index in [0.29, 0.717) is 26.1 Å². The second kappa shape index (κ2) is 7.36. The molecule has 0 unspecified atom stereocenters. The summed E-state index contributed by atoms with van der Waals surface area (Å²) in [6.07, 6.45) is 1.19. The molecule has 1 amide bonds. The number of benzene rings is 1. The molecule has 1 aliphatic heterocycles. The molecule has 0 bridgehead atoms. The van der Waals surface area contributed by atoms with Crippen LogP contribution in [0, 0.1) is 5.82 Å². The summed E-state index contributed by atoms with van der Waals surface area (Å²) in [6.45, 7) is 1.27. The lowest BCUT2D eigenvalue weighted by Crippen LogP contribution is -2.41. The van der Waals surface area contributed by atoms with E-state index in [1.165, 1.54) is 28.4 Å². The first-order valence-electron chi connectivity index (χ1n) is 7.81. The number of carbonyl (C=O) groups is 1. The SMILES string of the molecule is CN(C[C@@H]1C[C@H](F)CN1Cc1nccs1)C(=O)c1ccccc1F. The molecule has 0 aliphatic carbocycles. The first-order chi connectivity index (χ1) is 11.5. The molecule has 0 radical (unpaired) electrons. The van der Waals surface area contributed by atoms with E-state index in [1.807, 2.05) is 10.3 Å². The molecule has 1 aliphatic rings. The van der Waals surface area contributed by atoms with E-state index >= 15 is 0 Å². The summed E-state index contributed by atoms with van der Waals surface area (Å²) >= 11 is 1.53. The molecule has 3 rings (SSSR count). The molecule has 2 atom stereocenters. The van der Waals surface area contributed by atoms with Crippen LogP contribution in [0.2, 0.25) is 0 Å². The second-order valence-electron chi connectivity index (χ2n) is 6.01. The molecule has 1 aromatic carbocycles. The lowest BCUT2D eigenvalue weighted by atomic mass is 10.1. The predicted molar refractivity (Wildman–Crippen MR) is 89.2 cm³/mol. The summed E-state index contributed by atoms with van der Waals surface area (Å²) in [7, 11) is 1.63. The number of likely N-dealkylation sites (N-methyl/N-ethyl adjacent to an activating group) is 1. The van der Waals surface area contributed by atoms with Gasteiger partial charge < -0.3 is 4.90 Å². The zero-order chi connectivity index (χ0) is 17.1. The molecule has 2 aromatic rings. The number of thiazole rings is 1. The molecule has 1 aromatic heterocycles. The summed E-state index contributed by atoms with van der Waals surface area (Å²) in [4.78, 5) is 20.1. The fourth-order valence-corrected chi connectivity index (χ4v) is 3.69. The van der Waals surface area contributed by atoms with Gasteiger partial charge in [-0.3, -0.25) is 9.69 Å². The third-order valence-corrected chi connectivity index (χ3v) is 5.00. The Kier molecular flexibility index (Phi) is 5.20. The smallest absolute Gasteiger partial charge is 0.256 e. The van der Waals surface area contributed by atoms with Gasteiger partial charge in [0.2, 0.25) is 0 Å². The molecule has 128 valence electrons. The minimum atomic E-state index is -0.910. The number of halogens is 2. The average Bonchev–Trinajstić information content (AvgIpc) is 3.17. The minimum Gasteiger partial charge on any atom is -0.340 e. The first kappa shape index (κ1) is 17.0. The maximum Gasteiger partial charge on any atom is 0.256 e. The molecule has 24 heavy (non-hydrogen) atoms. The highest BCUT2D eigenvalue weighted by molar-refractivity contribution is 7.09. The number of aromatic nitrogens is 1. The second-order valence-corrected chi connectivity index (χ2v) is 6.99. The topological polar surface area (TPSA) is 36.4 Å². The van der Waals surface area contributed by atoms with Crippen LogP contribution in [0.5, 0.6) is 0 Å². The molecular formula is C17H19F2N3OS. The number of rotatable bonds is 5. The molecule has 0 N–H and O–H groups in total. The highest BCUT2D eigenvalue weighted by Crippen LogP contribution is 2.24. The van der Waals surface area contributed by atoms with Crippen molar-refractivity contribution < 1.29 is 13.6 Å². The van der Waals surface area contributed by atoms with Crippen molar-refractivity contribution in [1.29, 1.82) is 0 Å². The van der Waals surface area contributed by atoms with Gasteiger partial charge in [-0.15, -0.1) is 11.3 Å². The molecular weight excluding hydrogens is 332 g/mol. The van der Waals surface area contributed by atoms with Gasteiger partial charge in [-0.05, 0) is 18.6 Å². The number of likely N-dealkylation sites (tertiary alicyclic amines) is 1. The number of alkyl halides is 1. The summed E-state index contributed by atoms with van der Waals surface area (Å²) in [5.41, 5.74) is 0.0428. The van der Waals surface area contributed by atoms with Crippen LogP contribution >= 0.6 is 11.3 Å². The lowest BCUT2D eigenvalue weighted by Gasteiger charge is -2.28. The van der Waals surface area contributed by atoms with E-state index in [-0.39, 0.29) is 17.5 Å². The first-order valence-corrected chi connectivity index (χ1v) is 8.69. The van der Waals surface area contributed by atoms with Crippen LogP contribution < -0.4 is 0 Å². The van der Waals surface area contributed by atoms with E-state index in [1.54, 1.807) is 25.4 Å². The van der Waals surface area contributed by atoms with Crippen molar-refractivity contribution in [2.24, 2.45) is 0 Å². The fourth-order valence-electron chi connectivity index (χ4n) is 3.05. The van der Waals surface area contributed by atoms with Crippen molar-refractivity contribution in [3.05, 3.63) is 52.2 Å². The Morgan fingerprint density at radius 1 is 1.46 bits per heavy atom. The molecule has 1 saturated heterocycles. The van der Waals surface area contributed by atoms with Crippen molar-refractivity contribution in [2.45, 2.75) is 25.2 Å². The quantitative estimate of drug-likeness (QED) is 0.831. The van der Waals surface area contributed by atoms with Crippen molar-refractivity contribution in [1.82, 2.24) is 14.8 Å². The zero-order valence-corrected chi connectivity index (χ0v) is 14.2. The van der Waals surface area contributed by atoms with Crippen molar-refractivity contribution in [2.75, 3.05) is 20.1 Å². The Hall–Kier alpha value is -1.86. The van der Waals surface area contributed by atoms with Crippen LogP contribution in [-0.2, 0) is 6.54 Å². The Labute approximate surface area is 143 Å². The number of nitrogens with zero attached hydrogens (tertiary/aromatic N) is 3. The zero-order valence-electron chi connectivity index (χ0n) is 13.4. The van der Waals surface area contributed by atoms with Gasteiger partial charge in [0.25, 0.3) is 5.91 Å². The van der Waals surface area contributed by atoms with Gasteiger partial charge >= 0.3 is 0 Å². The van der Waals surface area contributed by atoms with Crippen molar-refractivity contribution in [3.8, 4) is 0 Å². The van der Waals surface area contributed by atoms with Gasteiger partial charge in [0.05, 0.1) is 12.1 Å². The number of amides is 1. The Balaban J connectivity index is 1.66. The van der Waals surface area contributed by atoms with Gasteiger partial charge in [-0.2, -0.15) is 0 Å². The van der Waals surface area contributed by atoms with Gasteiger partial charge in [0.15, 0.2) is 0 Å². The summed E-state index contributed by atoms with van der Waals surface area (Å²) < 4.78 is 27.6. The number of hydrogen-bond acceptors (Lipinski definition) is 4. The fraction of sp³-hybridized carbons (Fsp3) is 0.412. The predicted octanol–water partition coefficient (Wildman–Crippen LogP) is 2.97. The Morgan fingerprint density at radius 3 is 2.96 bits per heavy atom. The minimum absolute atomic E-state index is 0.0428. The van der Waals surface area contributed by atoms with Crippen molar-refractivity contribution >= 4 is 17.2 Å². The van der Waals surface area contributed by atoms with E-state index in [0.717, 1.165) is 5.01 Å². The molecule has 4 nitrogen and oxygen atoms in total. The Morgan fingerprint density at radius 2 is 2.25 bits per heavy atom. The van der Waals surface area contributed by atoms with Crippen LogP contribution in [0.25, 0.3) is 0 Å². The van der Waals surface area contributed by atoms with Gasteiger partial charge in [-0.25, -0.2) is 13.8 Å². The van der Waals surface area contributed by atoms with Crippen LogP contribution in [0.4, 0.5) is 8.78 Å². The average molecular weight is 351 g/mol. The third-order valence-electron chi connectivity index (χ3n) is 4.23. The lowest BCUT2D eigenvalue weighted by molar-refractivity contribution is 0.0745. The van der Waals surface area contributed by atoms with Crippen LogP contribution in [0.3, 0.4) is 0 Å². The summed E-state index contributed by atoms with van der Waals surface area (Å²) in [5, 5.41) is 2.82. The van der Waals surface area contributed by atoms with Gasteiger partial charge in [0, 0.05) is 37.8 Å². The molecule has 1 fully saturated rings. The maximum absolute atomic E-state index is 13.9. The molecule has 7 heteroatoms. The maximum atomic E-state index is 13.9. The standard InChI is InChI=1S/C17H19F2N3OS/c1-21(17(23)14-4-2-3-5-15(14)19)10-13-8-12(18)9-22(13)11-16-20-6-7-24-16/h2-7,12-13H,8-11H2,1H3/t12-,13-/m0/s1. The monoisotopic (exact) mass is 351 g/mol. The van der Waals surface area contributed by atoms with E-state index in [9.17, 15) is 13.6 Å². The van der Waals surface area contributed by atoms with Gasteiger partial charge in [0.1, 0.15) is 17.0 Å². The van der Waals surface area contributed by atoms with E-state index in [2.05, 4.69) is 4.98 Å². The largest absolute Gasteiger partial charge is 0.340 e. The Bertz CT molecular complexity index is 695. The summed E-state index contributed by atoms with van der Waals surface area (Å²) in [6, 6.07) is 5.82. The highest BCUT2D eigenvalue weighted by Gasteiger charge is 2.34. The number of hydrogen-bond donors (Lipinski definition) is 0. The van der Waals surface area contributed by atoms with Crippen LogP contribution in [0.15, 0.2) is 35.8 Å². The van der Waals surface area contributed by atoms with E-state index < -0.39 is 12.0 Å². The molecule has 0 spiro atoms. The summed E-state index contributed by atoms with van der Waals surface area (Å²) in [5.74, 6) is -0.923. The third kappa shape index (κ3) is 3.79. The van der Waals surface area contributed by atoms with Crippen LogP contribution in [0.1, 0.15) is 21.8 Å². The number of carbonyl (C=O) groups excluding carboxylic acids is 1.